The quantitative estimate of drug-likeness (QED) is 0.610. The number of benzene rings is 1. The Balaban J connectivity index is 3.24. The Hall–Kier alpha value is -0.870. The van der Waals surface area contributed by atoms with E-state index < -0.39 is 0 Å². The molecule has 0 amide bonds. The van der Waals surface area contributed by atoms with E-state index in [9.17, 15) is 0 Å². The van der Waals surface area contributed by atoms with Gasteiger partial charge in [0.1, 0.15) is 11.5 Å². The van der Waals surface area contributed by atoms with E-state index in [1.807, 2.05) is 26.1 Å². The summed E-state index contributed by atoms with van der Waals surface area (Å²) in [5.74, 6) is 1.59. The van der Waals surface area contributed by atoms with Crippen LogP contribution in [0.15, 0.2) is 12.1 Å². The predicted octanol–water partition coefficient (Wildman–Crippen LogP) is 2.16. The van der Waals surface area contributed by atoms with E-state index in [2.05, 4.69) is 17.9 Å². The zero-order valence-electron chi connectivity index (χ0n) is 9.50. The van der Waals surface area contributed by atoms with Crippen molar-refractivity contribution in [2.24, 2.45) is 0 Å². The van der Waals surface area contributed by atoms with Crippen LogP contribution in [-0.4, -0.2) is 21.3 Å². The van der Waals surface area contributed by atoms with Gasteiger partial charge in [0.2, 0.25) is 0 Å². The number of methoxy groups -OCH3 is 2. The van der Waals surface area contributed by atoms with E-state index >= 15 is 0 Å². The van der Waals surface area contributed by atoms with Gasteiger partial charge in [-0.1, -0.05) is 0 Å². The van der Waals surface area contributed by atoms with Crippen molar-refractivity contribution in [3.05, 3.63) is 23.3 Å². The molecular weight excluding hydrogens is 210 g/mol. The molecular formula is C11H17NO2S. The molecule has 0 fully saturated rings. The van der Waals surface area contributed by atoms with Crippen molar-refractivity contribution in [3.8, 4) is 11.5 Å². The predicted molar refractivity (Wildman–Crippen MR) is 65.1 cm³/mol. The summed E-state index contributed by atoms with van der Waals surface area (Å²) in [6.45, 7) is 2.01. The topological polar surface area (TPSA) is 30.5 Å². The van der Waals surface area contributed by atoms with Crippen LogP contribution in [0.25, 0.3) is 0 Å². The fraction of sp³-hybridized carbons (Fsp3) is 0.455. The summed E-state index contributed by atoms with van der Waals surface area (Å²) >= 11 is 4.44. The van der Waals surface area contributed by atoms with Crippen LogP contribution in [-0.2, 0) is 0 Å². The van der Waals surface area contributed by atoms with Gasteiger partial charge in [0.05, 0.1) is 19.6 Å². The van der Waals surface area contributed by atoms with Gasteiger partial charge in [0.15, 0.2) is 0 Å². The lowest BCUT2D eigenvalue weighted by atomic mass is 10.1. The summed E-state index contributed by atoms with van der Waals surface area (Å²) < 4.78 is 10.5. The summed E-state index contributed by atoms with van der Waals surface area (Å²) in [4.78, 5) is 0. The number of thiol groups is 1. The third-order valence-electron chi connectivity index (χ3n) is 2.32. The van der Waals surface area contributed by atoms with Crippen LogP contribution in [0.4, 0.5) is 0 Å². The van der Waals surface area contributed by atoms with E-state index in [1.165, 1.54) is 0 Å². The maximum Gasteiger partial charge on any atom is 0.128 e. The van der Waals surface area contributed by atoms with Crippen LogP contribution in [0.2, 0.25) is 0 Å². The Kier molecular flexibility index (Phi) is 4.29. The van der Waals surface area contributed by atoms with Crippen molar-refractivity contribution in [3.63, 3.8) is 0 Å². The lowest BCUT2D eigenvalue weighted by Crippen LogP contribution is -2.12. The molecule has 15 heavy (non-hydrogen) atoms. The average molecular weight is 227 g/mol. The summed E-state index contributed by atoms with van der Waals surface area (Å²) in [5.41, 5.74) is 2.14. The number of ether oxygens (including phenoxy) is 2. The van der Waals surface area contributed by atoms with E-state index in [4.69, 9.17) is 9.47 Å². The fourth-order valence-electron chi connectivity index (χ4n) is 1.52. The van der Waals surface area contributed by atoms with Crippen LogP contribution in [0.3, 0.4) is 0 Å². The molecule has 1 aromatic carbocycles. The van der Waals surface area contributed by atoms with E-state index in [-0.39, 0.29) is 5.37 Å². The average Bonchev–Trinajstić information content (AvgIpc) is 2.26. The second-order valence-corrected chi connectivity index (χ2v) is 3.77. The number of hydrogen-bond donors (Lipinski definition) is 2. The highest BCUT2D eigenvalue weighted by atomic mass is 32.1. The monoisotopic (exact) mass is 227 g/mol. The van der Waals surface area contributed by atoms with Gasteiger partial charge in [0, 0.05) is 11.6 Å². The van der Waals surface area contributed by atoms with Gasteiger partial charge < -0.3 is 14.8 Å². The van der Waals surface area contributed by atoms with Gasteiger partial charge in [0.25, 0.3) is 0 Å². The first-order valence-corrected chi connectivity index (χ1v) is 5.23. The molecule has 0 aromatic heterocycles. The van der Waals surface area contributed by atoms with E-state index in [0.717, 1.165) is 22.6 Å². The normalized spacial score (nSPS) is 12.3. The molecule has 1 atom stereocenters. The van der Waals surface area contributed by atoms with Crippen LogP contribution in [0.5, 0.6) is 11.5 Å². The van der Waals surface area contributed by atoms with Crippen molar-refractivity contribution in [1.82, 2.24) is 5.32 Å². The SMILES string of the molecule is CNC(S)c1c(C)cc(OC)cc1OC. The van der Waals surface area contributed by atoms with Crippen molar-refractivity contribution in [2.45, 2.75) is 12.3 Å². The Morgan fingerprint density at radius 3 is 2.40 bits per heavy atom. The molecule has 0 bridgehead atoms. The van der Waals surface area contributed by atoms with Gasteiger partial charge in [-0.25, -0.2) is 0 Å². The molecule has 0 saturated heterocycles. The maximum atomic E-state index is 5.32. The highest BCUT2D eigenvalue weighted by Crippen LogP contribution is 2.34. The zero-order valence-corrected chi connectivity index (χ0v) is 10.4. The van der Waals surface area contributed by atoms with Gasteiger partial charge in [-0.2, -0.15) is 12.6 Å². The van der Waals surface area contributed by atoms with Gasteiger partial charge in [-0.15, -0.1) is 0 Å². The third kappa shape index (κ3) is 2.58. The highest BCUT2D eigenvalue weighted by Gasteiger charge is 2.14. The molecule has 0 aliphatic rings. The minimum atomic E-state index is -0.0362. The van der Waals surface area contributed by atoms with Crippen molar-refractivity contribution in [2.75, 3.05) is 21.3 Å². The molecule has 0 spiro atoms. The molecule has 84 valence electrons. The first-order chi connectivity index (χ1) is 7.13. The van der Waals surface area contributed by atoms with E-state index in [1.54, 1.807) is 14.2 Å². The molecule has 0 aliphatic carbocycles. The van der Waals surface area contributed by atoms with E-state index in [0.29, 0.717) is 0 Å². The molecule has 4 heteroatoms. The number of rotatable bonds is 4. The van der Waals surface area contributed by atoms with Crippen molar-refractivity contribution in [1.29, 1.82) is 0 Å². The zero-order chi connectivity index (χ0) is 11.4. The van der Waals surface area contributed by atoms with Crippen molar-refractivity contribution < 1.29 is 9.47 Å². The molecule has 1 unspecified atom stereocenters. The lowest BCUT2D eigenvalue weighted by Gasteiger charge is -2.18. The highest BCUT2D eigenvalue weighted by molar-refractivity contribution is 7.80. The molecule has 0 aliphatic heterocycles. The third-order valence-corrected chi connectivity index (χ3v) is 2.84. The summed E-state index contributed by atoms with van der Waals surface area (Å²) in [7, 11) is 5.15. The molecule has 0 radical (unpaired) electrons. The van der Waals surface area contributed by atoms with Gasteiger partial charge >= 0.3 is 0 Å². The number of aryl methyl sites for hydroxylation is 1. The largest absolute Gasteiger partial charge is 0.497 e. The van der Waals surface area contributed by atoms with Crippen LogP contribution in [0.1, 0.15) is 16.5 Å². The lowest BCUT2D eigenvalue weighted by molar-refractivity contribution is 0.389. The number of hydrogen-bond acceptors (Lipinski definition) is 4. The standard InChI is InChI=1S/C11H17NO2S/c1-7-5-8(13-3)6-9(14-4)10(7)11(15)12-2/h5-6,11-12,15H,1-4H3. The first kappa shape index (κ1) is 12.2. The van der Waals surface area contributed by atoms with Crippen molar-refractivity contribution >= 4 is 12.6 Å². The summed E-state index contributed by atoms with van der Waals surface area (Å²) in [5, 5.41) is 3.04. The minimum absolute atomic E-state index is 0.0362. The molecule has 3 nitrogen and oxygen atoms in total. The molecule has 1 N–H and O–H groups in total. The second-order valence-electron chi connectivity index (χ2n) is 3.25. The Labute approximate surface area is 96.2 Å². The molecule has 0 saturated carbocycles. The van der Waals surface area contributed by atoms with Crippen LogP contribution >= 0.6 is 12.6 Å². The van der Waals surface area contributed by atoms with Crippen LogP contribution in [0, 0.1) is 6.92 Å². The summed E-state index contributed by atoms with van der Waals surface area (Å²) in [6.07, 6.45) is 0. The molecule has 1 rings (SSSR count). The first-order valence-electron chi connectivity index (χ1n) is 4.71. The fourth-order valence-corrected chi connectivity index (χ4v) is 1.85. The van der Waals surface area contributed by atoms with Gasteiger partial charge in [-0.05, 0) is 25.6 Å². The number of nitrogens with one attached hydrogen (secondary N) is 1. The minimum Gasteiger partial charge on any atom is -0.497 e. The Morgan fingerprint density at radius 2 is 1.93 bits per heavy atom. The summed E-state index contributed by atoms with van der Waals surface area (Å²) in [6, 6.07) is 3.83. The molecule has 0 heterocycles. The smallest absolute Gasteiger partial charge is 0.128 e. The maximum absolute atomic E-state index is 5.32. The second kappa shape index (κ2) is 5.28. The van der Waals surface area contributed by atoms with Gasteiger partial charge in [-0.3, -0.25) is 0 Å². The molecule has 1 aromatic rings. The van der Waals surface area contributed by atoms with Crippen LogP contribution < -0.4 is 14.8 Å². The Morgan fingerprint density at radius 1 is 1.27 bits per heavy atom. The Bertz CT molecular complexity index is 342.